The second-order valence-corrected chi connectivity index (χ2v) is 5.38. The van der Waals surface area contributed by atoms with Gasteiger partial charge in [0.25, 0.3) is 0 Å². The van der Waals surface area contributed by atoms with E-state index in [1.54, 1.807) is 7.11 Å². The van der Waals surface area contributed by atoms with E-state index in [4.69, 9.17) is 9.15 Å². The Hall–Kier alpha value is -1.78. The molecule has 0 radical (unpaired) electrons. The lowest BCUT2D eigenvalue weighted by Crippen LogP contribution is -1.94. The van der Waals surface area contributed by atoms with Gasteiger partial charge in [0.15, 0.2) is 0 Å². The first kappa shape index (κ1) is 12.3. The smallest absolute Gasteiger partial charge is 0.146 e. The first-order chi connectivity index (χ1) is 9.19. The van der Waals surface area contributed by atoms with Gasteiger partial charge in [0.2, 0.25) is 0 Å². The largest absolute Gasteiger partial charge is 0.496 e. The summed E-state index contributed by atoms with van der Waals surface area (Å²) in [5, 5.41) is 13.2. The summed E-state index contributed by atoms with van der Waals surface area (Å²) in [7, 11) is 1.61. The SMILES string of the molecule is COc1csc(C(O)c2cc3cccc(C)c3o2)c1. The van der Waals surface area contributed by atoms with Crippen LogP contribution in [0.15, 0.2) is 40.1 Å². The molecule has 0 saturated carbocycles. The maximum absolute atomic E-state index is 10.4. The number of fused-ring (bicyclic) bond motifs is 1. The molecule has 1 N–H and O–H groups in total. The number of aliphatic hydroxyl groups excluding tert-OH is 1. The number of para-hydroxylation sites is 1. The molecule has 1 aromatic carbocycles. The van der Waals surface area contributed by atoms with Gasteiger partial charge in [0, 0.05) is 15.6 Å². The molecule has 98 valence electrons. The monoisotopic (exact) mass is 274 g/mol. The molecule has 2 heterocycles. The average molecular weight is 274 g/mol. The van der Waals surface area contributed by atoms with Crippen LogP contribution < -0.4 is 4.74 Å². The molecule has 4 heteroatoms. The fourth-order valence-corrected chi connectivity index (χ4v) is 2.93. The number of hydrogen-bond donors (Lipinski definition) is 1. The van der Waals surface area contributed by atoms with Crippen LogP contribution in [0.3, 0.4) is 0 Å². The predicted octanol–water partition coefficient (Wildman–Crippen LogP) is 3.89. The van der Waals surface area contributed by atoms with Crippen molar-refractivity contribution >= 4 is 22.3 Å². The van der Waals surface area contributed by atoms with Crippen molar-refractivity contribution in [2.24, 2.45) is 0 Å². The number of aryl methyl sites for hydroxylation is 1. The summed E-state index contributed by atoms with van der Waals surface area (Å²) in [6.45, 7) is 2.00. The highest BCUT2D eigenvalue weighted by atomic mass is 32.1. The number of methoxy groups -OCH3 is 1. The summed E-state index contributed by atoms with van der Waals surface area (Å²) >= 11 is 1.46. The highest BCUT2D eigenvalue weighted by Gasteiger charge is 2.18. The fraction of sp³-hybridized carbons (Fsp3) is 0.200. The van der Waals surface area contributed by atoms with Gasteiger partial charge in [0.1, 0.15) is 23.2 Å². The lowest BCUT2D eigenvalue weighted by atomic mass is 10.1. The van der Waals surface area contributed by atoms with E-state index in [1.165, 1.54) is 11.3 Å². The van der Waals surface area contributed by atoms with Crippen LogP contribution >= 0.6 is 11.3 Å². The minimum absolute atomic E-state index is 0.564. The van der Waals surface area contributed by atoms with Gasteiger partial charge in [-0.25, -0.2) is 0 Å². The molecule has 19 heavy (non-hydrogen) atoms. The van der Waals surface area contributed by atoms with Gasteiger partial charge in [-0.15, -0.1) is 11.3 Å². The Bertz CT molecular complexity index is 711. The van der Waals surface area contributed by atoms with Crippen LogP contribution in [-0.4, -0.2) is 12.2 Å². The highest BCUT2D eigenvalue weighted by molar-refractivity contribution is 7.10. The summed E-state index contributed by atoms with van der Waals surface area (Å²) < 4.78 is 10.9. The Kier molecular flexibility index (Phi) is 3.05. The molecule has 0 bridgehead atoms. The Morgan fingerprint density at radius 3 is 2.84 bits per heavy atom. The number of aliphatic hydroxyl groups is 1. The minimum Gasteiger partial charge on any atom is -0.496 e. The van der Waals surface area contributed by atoms with Crippen molar-refractivity contribution in [1.82, 2.24) is 0 Å². The van der Waals surface area contributed by atoms with Gasteiger partial charge < -0.3 is 14.3 Å². The molecule has 0 fully saturated rings. The molecule has 0 aliphatic carbocycles. The van der Waals surface area contributed by atoms with E-state index in [2.05, 4.69) is 0 Å². The Labute approximate surface area is 115 Å². The Balaban J connectivity index is 2.01. The molecule has 0 aliphatic heterocycles. The van der Waals surface area contributed by atoms with Gasteiger partial charge >= 0.3 is 0 Å². The van der Waals surface area contributed by atoms with Crippen LogP contribution in [0.1, 0.15) is 22.3 Å². The Morgan fingerprint density at radius 1 is 1.32 bits per heavy atom. The minimum atomic E-state index is -0.749. The van der Waals surface area contributed by atoms with E-state index in [1.807, 2.05) is 42.6 Å². The van der Waals surface area contributed by atoms with E-state index >= 15 is 0 Å². The van der Waals surface area contributed by atoms with Crippen LogP contribution in [-0.2, 0) is 0 Å². The molecule has 3 aromatic rings. The molecule has 0 saturated heterocycles. The van der Waals surface area contributed by atoms with Gasteiger partial charge in [-0.1, -0.05) is 18.2 Å². The topological polar surface area (TPSA) is 42.6 Å². The highest BCUT2D eigenvalue weighted by Crippen LogP contribution is 2.34. The van der Waals surface area contributed by atoms with Crippen LogP contribution in [0.2, 0.25) is 0 Å². The first-order valence-electron chi connectivity index (χ1n) is 5.98. The summed E-state index contributed by atoms with van der Waals surface area (Å²) in [6.07, 6.45) is -0.749. The molecular formula is C15H14O3S. The van der Waals surface area contributed by atoms with E-state index in [9.17, 15) is 5.11 Å². The van der Waals surface area contributed by atoms with Gasteiger partial charge in [-0.3, -0.25) is 0 Å². The molecule has 0 spiro atoms. The third-order valence-corrected chi connectivity index (χ3v) is 4.09. The maximum atomic E-state index is 10.4. The molecule has 0 aliphatic rings. The molecule has 3 rings (SSSR count). The van der Waals surface area contributed by atoms with Crippen molar-refractivity contribution in [2.45, 2.75) is 13.0 Å². The standard InChI is InChI=1S/C15H14O3S/c1-9-4-3-5-10-6-12(18-15(9)10)14(16)13-7-11(17-2)8-19-13/h3-8,14,16H,1-2H3. The van der Waals surface area contributed by atoms with E-state index in [0.29, 0.717) is 5.76 Å². The molecular weight excluding hydrogens is 260 g/mol. The summed E-state index contributed by atoms with van der Waals surface area (Å²) in [5.74, 6) is 1.32. The van der Waals surface area contributed by atoms with Gasteiger partial charge in [-0.2, -0.15) is 0 Å². The number of hydrogen-bond acceptors (Lipinski definition) is 4. The predicted molar refractivity (Wildman–Crippen MR) is 75.9 cm³/mol. The van der Waals surface area contributed by atoms with Crippen LogP contribution in [0.4, 0.5) is 0 Å². The second-order valence-electron chi connectivity index (χ2n) is 4.43. The van der Waals surface area contributed by atoms with Crippen molar-refractivity contribution in [3.8, 4) is 5.75 Å². The van der Waals surface area contributed by atoms with E-state index < -0.39 is 6.10 Å². The van der Waals surface area contributed by atoms with Crippen molar-refractivity contribution < 1.29 is 14.3 Å². The molecule has 2 aromatic heterocycles. The van der Waals surface area contributed by atoms with Gasteiger partial charge in [-0.05, 0) is 24.6 Å². The van der Waals surface area contributed by atoms with Crippen molar-refractivity contribution in [2.75, 3.05) is 7.11 Å². The molecule has 0 amide bonds. The van der Waals surface area contributed by atoms with Crippen LogP contribution in [0.25, 0.3) is 11.0 Å². The van der Waals surface area contributed by atoms with Crippen LogP contribution in [0, 0.1) is 6.92 Å². The summed E-state index contributed by atoms with van der Waals surface area (Å²) in [4.78, 5) is 0.813. The number of ether oxygens (including phenoxy) is 1. The molecule has 3 nitrogen and oxygen atoms in total. The molecule has 1 atom stereocenters. The summed E-state index contributed by atoms with van der Waals surface area (Å²) in [5.41, 5.74) is 1.90. The van der Waals surface area contributed by atoms with E-state index in [0.717, 1.165) is 27.2 Å². The van der Waals surface area contributed by atoms with Crippen molar-refractivity contribution in [3.05, 3.63) is 51.9 Å². The van der Waals surface area contributed by atoms with Gasteiger partial charge in [0.05, 0.1) is 7.11 Å². The number of benzene rings is 1. The zero-order valence-corrected chi connectivity index (χ0v) is 11.5. The summed E-state index contributed by atoms with van der Waals surface area (Å²) in [6, 6.07) is 9.68. The zero-order valence-electron chi connectivity index (χ0n) is 10.7. The number of furan rings is 1. The third-order valence-electron chi connectivity index (χ3n) is 3.13. The number of thiophene rings is 1. The first-order valence-corrected chi connectivity index (χ1v) is 6.86. The maximum Gasteiger partial charge on any atom is 0.146 e. The lowest BCUT2D eigenvalue weighted by Gasteiger charge is -2.03. The average Bonchev–Trinajstić information content (AvgIpc) is 3.05. The van der Waals surface area contributed by atoms with E-state index in [-0.39, 0.29) is 0 Å². The quantitative estimate of drug-likeness (QED) is 0.787. The fourth-order valence-electron chi connectivity index (χ4n) is 2.09. The lowest BCUT2D eigenvalue weighted by molar-refractivity contribution is 0.195. The molecule has 1 unspecified atom stereocenters. The van der Waals surface area contributed by atoms with Crippen molar-refractivity contribution in [3.63, 3.8) is 0 Å². The van der Waals surface area contributed by atoms with Crippen LogP contribution in [0.5, 0.6) is 5.75 Å². The Morgan fingerprint density at radius 2 is 2.16 bits per heavy atom. The van der Waals surface area contributed by atoms with Crippen molar-refractivity contribution in [1.29, 1.82) is 0 Å². The number of rotatable bonds is 3. The third kappa shape index (κ3) is 2.13. The normalized spacial score (nSPS) is 12.8. The second kappa shape index (κ2) is 4.72. The zero-order chi connectivity index (χ0) is 13.4.